The van der Waals surface area contributed by atoms with E-state index in [4.69, 9.17) is 4.74 Å². The third kappa shape index (κ3) is 3.47. The van der Waals surface area contributed by atoms with Crippen LogP contribution in [0.3, 0.4) is 0 Å². The van der Waals surface area contributed by atoms with Crippen LogP contribution >= 0.6 is 0 Å². The minimum atomic E-state index is -1.37. The Morgan fingerprint density at radius 2 is 1.84 bits per heavy atom. The summed E-state index contributed by atoms with van der Waals surface area (Å²) >= 11 is 0. The summed E-state index contributed by atoms with van der Waals surface area (Å²) in [5.74, 6) is 0. The van der Waals surface area contributed by atoms with Crippen molar-refractivity contribution in [2.45, 2.75) is 11.0 Å². The van der Waals surface area contributed by atoms with E-state index < -0.39 is 21.8 Å². The molecule has 1 unspecified atom stereocenters. The molecular weight excluding hydrogens is 340 g/mol. The monoisotopic (exact) mass is 358 g/mol. The van der Waals surface area contributed by atoms with Crippen molar-refractivity contribution in [1.29, 1.82) is 0 Å². The van der Waals surface area contributed by atoms with Gasteiger partial charge in [-0.2, -0.15) is 0 Å². The molecule has 130 valence electrons. The summed E-state index contributed by atoms with van der Waals surface area (Å²) in [6, 6.07) is 13.7. The lowest BCUT2D eigenvalue weighted by molar-refractivity contribution is -0.384. The Morgan fingerprint density at radius 1 is 1.16 bits per heavy atom. The highest BCUT2D eigenvalue weighted by atomic mass is 32.2. The van der Waals surface area contributed by atoms with Gasteiger partial charge in [0, 0.05) is 26.2 Å². The molecule has 1 aliphatic heterocycles. The molecule has 0 spiro atoms. The van der Waals surface area contributed by atoms with Crippen LogP contribution in [0.2, 0.25) is 0 Å². The number of nitrogens with zero attached hydrogens (tertiary/aromatic N) is 2. The summed E-state index contributed by atoms with van der Waals surface area (Å²) in [5.41, 5.74) is 1.66. The van der Waals surface area contributed by atoms with E-state index in [1.54, 1.807) is 12.1 Å². The Hall–Kier alpha value is -2.51. The van der Waals surface area contributed by atoms with Gasteiger partial charge in [-0.25, -0.2) is 4.21 Å². The highest BCUT2D eigenvalue weighted by Crippen LogP contribution is 2.37. The number of nitro groups is 1. The molecule has 2 atom stereocenters. The summed E-state index contributed by atoms with van der Waals surface area (Å²) in [4.78, 5) is 13.7. The summed E-state index contributed by atoms with van der Waals surface area (Å²) in [6.07, 6.45) is 1.37. The third-order valence-electron chi connectivity index (χ3n) is 3.97. The topological polar surface area (TPSA) is 72.7 Å². The molecule has 0 N–H and O–H groups in total. The number of hydrogen-bond acceptors (Lipinski definition) is 5. The number of para-hydroxylation sites is 1. The van der Waals surface area contributed by atoms with Crippen LogP contribution in [0.25, 0.3) is 0 Å². The van der Waals surface area contributed by atoms with E-state index in [9.17, 15) is 14.3 Å². The normalized spacial score (nSPS) is 17.8. The molecule has 2 aromatic carbocycles. The number of rotatable bonds is 5. The van der Waals surface area contributed by atoms with Gasteiger partial charge in [0.15, 0.2) is 0 Å². The van der Waals surface area contributed by atoms with Gasteiger partial charge in [-0.3, -0.25) is 10.1 Å². The van der Waals surface area contributed by atoms with Crippen LogP contribution in [0.4, 0.5) is 11.4 Å². The van der Waals surface area contributed by atoms with Crippen LogP contribution in [0, 0.1) is 10.1 Å². The molecule has 0 saturated heterocycles. The van der Waals surface area contributed by atoms with Gasteiger partial charge in [0.2, 0.25) is 0 Å². The van der Waals surface area contributed by atoms with Crippen LogP contribution in [-0.2, 0) is 15.5 Å². The number of ether oxygens (including phenoxy) is 1. The first-order valence-corrected chi connectivity index (χ1v) is 8.88. The van der Waals surface area contributed by atoms with Crippen molar-refractivity contribution in [3.63, 3.8) is 0 Å². The molecule has 7 heteroatoms. The maximum Gasteiger partial charge on any atom is 0.269 e. The van der Waals surface area contributed by atoms with Crippen molar-refractivity contribution in [2.24, 2.45) is 0 Å². The second-order valence-electron chi connectivity index (χ2n) is 5.80. The maximum atomic E-state index is 13.2. The zero-order chi connectivity index (χ0) is 18.0. The van der Waals surface area contributed by atoms with E-state index in [2.05, 4.69) is 0 Å². The number of benzene rings is 2. The minimum Gasteiger partial charge on any atom is -0.377 e. The SMILES string of the molecule is CN(C)c1ccccc1S(=O)C1=CCO[C@H]1c1ccc([N+](=O)[O-])cc1. The molecule has 1 heterocycles. The average molecular weight is 358 g/mol. The fourth-order valence-electron chi connectivity index (χ4n) is 2.73. The van der Waals surface area contributed by atoms with Crippen molar-refractivity contribution >= 4 is 22.2 Å². The largest absolute Gasteiger partial charge is 0.377 e. The second kappa shape index (κ2) is 7.16. The zero-order valence-corrected chi connectivity index (χ0v) is 14.7. The molecule has 25 heavy (non-hydrogen) atoms. The molecular formula is C18H18N2O4S. The van der Waals surface area contributed by atoms with Gasteiger partial charge < -0.3 is 9.64 Å². The molecule has 6 nitrogen and oxygen atoms in total. The lowest BCUT2D eigenvalue weighted by Crippen LogP contribution is -2.13. The number of nitro benzene ring substituents is 1. The Bertz CT molecular complexity index is 846. The van der Waals surface area contributed by atoms with Crippen molar-refractivity contribution in [3.8, 4) is 0 Å². The Balaban J connectivity index is 1.92. The van der Waals surface area contributed by atoms with E-state index in [-0.39, 0.29) is 5.69 Å². The molecule has 0 saturated carbocycles. The molecule has 3 rings (SSSR count). The van der Waals surface area contributed by atoms with E-state index in [0.717, 1.165) is 16.1 Å². The Labute approximate surface area is 148 Å². The fraction of sp³-hybridized carbons (Fsp3) is 0.222. The molecule has 2 aromatic rings. The average Bonchev–Trinajstić information content (AvgIpc) is 3.10. The van der Waals surface area contributed by atoms with E-state index >= 15 is 0 Å². The van der Waals surface area contributed by atoms with Crippen LogP contribution in [-0.4, -0.2) is 29.8 Å². The van der Waals surface area contributed by atoms with Gasteiger partial charge in [-0.1, -0.05) is 12.1 Å². The van der Waals surface area contributed by atoms with E-state index in [1.807, 2.05) is 49.3 Å². The molecule has 0 amide bonds. The van der Waals surface area contributed by atoms with Gasteiger partial charge in [-0.15, -0.1) is 0 Å². The lowest BCUT2D eigenvalue weighted by Gasteiger charge is -2.19. The number of hydrogen-bond donors (Lipinski definition) is 0. The molecule has 0 fully saturated rings. The van der Waals surface area contributed by atoms with Gasteiger partial charge in [0.1, 0.15) is 6.10 Å². The van der Waals surface area contributed by atoms with Crippen LogP contribution in [0.1, 0.15) is 11.7 Å². The maximum absolute atomic E-state index is 13.2. The lowest BCUT2D eigenvalue weighted by atomic mass is 10.1. The molecule has 0 aliphatic carbocycles. The van der Waals surface area contributed by atoms with Crippen molar-refractivity contribution in [2.75, 3.05) is 25.6 Å². The van der Waals surface area contributed by atoms with Gasteiger partial charge in [0.25, 0.3) is 5.69 Å². The highest BCUT2D eigenvalue weighted by molar-refractivity contribution is 7.89. The van der Waals surface area contributed by atoms with Crippen LogP contribution < -0.4 is 4.90 Å². The minimum absolute atomic E-state index is 0.0198. The van der Waals surface area contributed by atoms with E-state index in [0.29, 0.717) is 11.5 Å². The van der Waals surface area contributed by atoms with Crippen molar-refractivity contribution in [3.05, 3.63) is 75.2 Å². The second-order valence-corrected chi connectivity index (χ2v) is 7.25. The molecule has 1 aliphatic rings. The van der Waals surface area contributed by atoms with Gasteiger partial charge >= 0.3 is 0 Å². The highest BCUT2D eigenvalue weighted by Gasteiger charge is 2.29. The first kappa shape index (κ1) is 17.3. The van der Waals surface area contributed by atoms with Crippen molar-refractivity contribution < 1.29 is 13.9 Å². The Morgan fingerprint density at radius 3 is 2.48 bits per heavy atom. The fourth-order valence-corrected chi connectivity index (χ4v) is 4.24. The quantitative estimate of drug-likeness (QED) is 0.605. The van der Waals surface area contributed by atoms with Gasteiger partial charge in [-0.05, 0) is 35.9 Å². The first-order valence-electron chi connectivity index (χ1n) is 7.73. The summed E-state index contributed by atoms with van der Waals surface area (Å²) in [6.45, 7) is 0.368. The Kier molecular flexibility index (Phi) is 4.96. The molecule has 0 aromatic heterocycles. The first-order chi connectivity index (χ1) is 12.0. The standard InChI is InChI=1S/C18H18N2O4S/c1-19(2)15-5-3-4-6-16(15)25(23)17-11-12-24-18(17)13-7-9-14(10-8-13)20(21)22/h3-11,18H,12H2,1-2H3/t18-,25?/m0/s1. The van der Waals surface area contributed by atoms with Crippen LogP contribution in [0.15, 0.2) is 64.4 Å². The smallest absolute Gasteiger partial charge is 0.269 e. The van der Waals surface area contributed by atoms with Crippen LogP contribution in [0.5, 0.6) is 0 Å². The summed E-state index contributed by atoms with van der Waals surface area (Å²) in [7, 11) is 2.44. The van der Waals surface area contributed by atoms with Crippen molar-refractivity contribution in [1.82, 2.24) is 0 Å². The summed E-state index contributed by atoms with van der Waals surface area (Å²) in [5, 5.41) is 10.8. The third-order valence-corrected chi connectivity index (χ3v) is 5.53. The molecule has 0 bridgehead atoms. The number of anilines is 1. The van der Waals surface area contributed by atoms with Gasteiger partial charge in [0.05, 0.1) is 37.8 Å². The zero-order valence-electron chi connectivity index (χ0n) is 13.9. The summed E-state index contributed by atoms with van der Waals surface area (Å²) < 4.78 is 18.9. The predicted molar refractivity (Wildman–Crippen MR) is 97.0 cm³/mol. The van der Waals surface area contributed by atoms with E-state index in [1.165, 1.54) is 12.1 Å². The number of non-ortho nitro benzene ring substituents is 1. The molecule has 0 radical (unpaired) electrons. The predicted octanol–water partition coefficient (Wildman–Crippen LogP) is 3.42.